The van der Waals surface area contributed by atoms with Gasteiger partial charge in [0.05, 0.1) is 11.0 Å². The van der Waals surface area contributed by atoms with Crippen LogP contribution in [0.1, 0.15) is 0 Å². The van der Waals surface area contributed by atoms with Crippen LogP contribution >= 0.6 is 0 Å². The zero-order valence-electron chi connectivity index (χ0n) is 33.2. The van der Waals surface area contributed by atoms with Crippen LogP contribution < -0.4 is 4.90 Å². The van der Waals surface area contributed by atoms with Gasteiger partial charge in [-0.15, -0.1) is 0 Å². The van der Waals surface area contributed by atoms with Gasteiger partial charge in [-0.1, -0.05) is 158 Å². The molecule has 0 spiro atoms. The minimum atomic E-state index is 0.890. The number of fused-ring (bicyclic) bond motifs is 7. The van der Waals surface area contributed by atoms with Crippen LogP contribution in [0.2, 0.25) is 0 Å². The summed E-state index contributed by atoms with van der Waals surface area (Å²) < 4.78 is 8.70. The van der Waals surface area contributed by atoms with E-state index in [0.717, 1.165) is 66.9 Å². The van der Waals surface area contributed by atoms with E-state index in [4.69, 9.17) is 4.42 Å². The average Bonchev–Trinajstić information content (AvgIpc) is 3.88. The van der Waals surface area contributed by atoms with Crippen molar-refractivity contribution in [2.45, 2.75) is 0 Å². The quantitative estimate of drug-likeness (QED) is 0.161. The maximum atomic E-state index is 6.32. The molecule has 12 aromatic rings. The fourth-order valence-electron chi connectivity index (χ4n) is 9.39. The predicted octanol–water partition coefficient (Wildman–Crippen LogP) is 16.3. The first kappa shape index (κ1) is 34.9. The zero-order valence-corrected chi connectivity index (χ0v) is 33.2. The van der Waals surface area contributed by atoms with Gasteiger partial charge in [0.15, 0.2) is 0 Å². The number of furan rings is 1. The van der Waals surface area contributed by atoms with E-state index in [-0.39, 0.29) is 0 Å². The Kier molecular flexibility index (Phi) is 8.17. The third-order valence-corrected chi connectivity index (χ3v) is 12.2. The fourth-order valence-corrected chi connectivity index (χ4v) is 9.39. The number of hydrogen-bond donors (Lipinski definition) is 0. The summed E-state index contributed by atoms with van der Waals surface area (Å²) in [6.45, 7) is 0. The number of para-hydroxylation sites is 3. The first-order valence-electron chi connectivity index (χ1n) is 20.8. The van der Waals surface area contributed by atoms with Gasteiger partial charge in [-0.3, -0.25) is 0 Å². The highest BCUT2D eigenvalue weighted by atomic mass is 16.3. The van der Waals surface area contributed by atoms with Crippen molar-refractivity contribution in [3.8, 4) is 39.1 Å². The summed E-state index contributed by atoms with van der Waals surface area (Å²) in [6, 6.07) is 83.0. The Labute approximate surface area is 353 Å². The molecule has 61 heavy (non-hydrogen) atoms. The van der Waals surface area contributed by atoms with Crippen molar-refractivity contribution in [3.05, 3.63) is 231 Å². The highest BCUT2D eigenvalue weighted by Gasteiger charge is 2.18. The maximum absolute atomic E-state index is 6.32. The van der Waals surface area contributed by atoms with Gasteiger partial charge in [0.1, 0.15) is 11.2 Å². The van der Waals surface area contributed by atoms with Crippen LogP contribution in [0.3, 0.4) is 0 Å². The number of benzene rings is 10. The summed E-state index contributed by atoms with van der Waals surface area (Å²) in [5.74, 6) is 0. The molecule has 0 atom stereocenters. The van der Waals surface area contributed by atoms with Crippen molar-refractivity contribution in [2.75, 3.05) is 4.90 Å². The van der Waals surface area contributed by atoms with Crippen LogP contribution in [-0.4, -0.2) is 4.57 Å². The molecule has 0 saturated carbocycles. The van der Waals surface area contributed by atoms with Crippen LogP contribution in [0, 0.1) is 0 Å². The molecule has 286 valence electrons. The summed E-state index contributed by atoms with van der Waals surface area (Å²) in [6.07, 6.45) is 0. The van der Waals surface area contributed by atoms with Crippen molar-refractivity contribution in [3.63, 3.8) is 0 Å². The Balaban J connectivity index is 0.987. The van der Waals surface area contributed by atoms with E-state index in [2.05, 4.69) is 228 Å². The molecular weight excluding hydrogens is 741 g/mol. The molecule has 10 aromatic carbocycles. The van der Waals surface area contributed by atoms with Gasteiger partial charge >= 0.3 is 0 Å². The summed E-state index contributed by atoms with van der Waals surface area (Å²) in [5, 5.41) is 7.24. The predicted molar refractivity (Wildman–Crippen MR) is 257 cm³/mol. The van der Waals surface area contributed by atoms with Crippen molar-refractivity contribution < 1.29 is 4.42 Å². The second-order valence-electron chi connectivity index (χ2n) is 15.7. The first-order valence-corrected chi connectivity index (χ1v) is 20.8. The smallest absolute Gasteiger partial charge is 0.136 e. The van der Waals surface area contributed by atoms with Crippen molar-refractivity contribution in [2.24, 2.45) is 0 Å². The number of aromatic nitrogens is 1. The van der Waals surface area contributed by atoms with E-state index in [1.165, 1.54) is 43.7 Å². The van der Waals surface area contributed by atoms with Crippen molar-refractivity contribution >= 4 is 71.6 Å². The van der Waals surface area contributed by atoms with E-state index in [9.17, 15) is 0 Å². The van der Waals surface area contributed by atoms with Crippen LogP contribution in [-0.2, 0) is 0 Å². The molecule has 0 fully saturated rings. The van der Waals surface area contributed by atoms with Gasteiger partial charge in [-0.2, -0.15) is 0 Å². The lowest BCUT2D eigenvalue weighted by molar-refractivity contribution is 0.669. The molecule has 0 N–H and O–H groups in total. The third-order valence-electron chi connectivity index (χ3n) is 12.2. The van der Waals surface area contributed by atoms with Gasteiger partial charge < -0.3 is 13.9 Å². The van der Waals surface area contributed by atoms with E-state index in [1.807, 2.05) is 12.1 Å². The largest absolute Gasteiger partial charge is 0.456 e. The molecule has 0 amide bonds. The second-order valence-corrected chi connectivity index (χ2v) is 15.7. The van der Waals surface area contributed by atoms with Crippen LogP contribution in [0.4, 0.5) is 17.1 Å². The zero-order chi connectivity index (χ0) is 40.3. The molecule has 2 aromatic heterocycles. The third kappa shape index (κ3) is 5.90. The van der Waals surface area contributed by atoms with Crippen molar-refractivity contribution in [1.82, 2.24) is 4.57 Å². The number of rotatable bonds is 7. The van der Waals surface area contributed by atoms with E-state index >= 15 is 0 Å². The standard InChI is InChI=1S/C58H38N2O/c1-2-22-48-40(14-1)15-12-26-49(48)42-17-10-19-45(37-42)59(46-20-11-18-43(38-46)50-27-13-31-57-58(50)53-25-5-8-30-56(53)61-57)44-34-32-39(33-35-44)41-16-9-21-47(36-41)60-54-28-6-3-23-51(54)52-24-4-7-29-55(52)60/h1-38H. The number of hydrogen-bond acceptors (Lipinski definition) is 2. The highest BCUT2D eigenvalue weighted by molar-refractivity contribution is 6.13. The highest BCUT2D eigenvalue weighted by Crippen LogP contribution is 2.42. The normalized spacial score (nSPS) is 11.6. The molecule has 0 bridgehead atoms. The van der Waals surface area contributed by atoms with Gasteiger partial charge in [0.2, 0.25) is 0 Å². The molecule has 0 aliphatic heterocycles. The Morgan fingerprint density at radius 2 is 0.869 bits per heavy atom. The number of anilines is 3. The van der Waals surface area contributed by atoms with Gasteiger partial charge in [-0.05, 0) is 117 Å². The van der Waals surface area contributed by atoms with Crippen LogP contribution in [0.5, 0.6) is 0 Å². The minimum Gasteiger partial charge on any atom is -0.456 e. The van der Waals surface area contributed by atoms with Gasteiger partial charge in [0, 0.05) is 44.3 Å². The molecule has 0 saturated heterocycles. The molecule has 3 heteroatoms. The Hall–Kier alpha value is -8.14. The molecule has 0 unspecified atom stereocenters. The van der Waals surface area contributed by atoms with Crippen LogP contribution in [0.15, 0.2) is 235 Å². The van der Waals surface area contributed by atoms with Crippen molar-refractivity contribution in [1.29, 1.82) is 0 Å². The van der Waals surface area contributed by atoms with Gasteiger partial charge in [0.25, 0.3) is 0 Å². The topological polar surface area (TPSA) is 21.3 Å². The lowest BCUT2D eigenvalue weighted by Gasteiger charge is -2.27. The van der Waals surface area contributed by atoms with Gasteiger partial charge in [-0.25, -0.2) is 0 Å². The molecule has 2 heterocycles. The molecule has 0 aliphatic rings. The molecule has 0 aliphatic carbocycles. The van der Waals surface area contributed by atoms with E-state index < -0.39 is 0 Å². The Bertz CT molecular complexity index is 3550. The minimum absolute atomic E-state index is 0.890. The Morgan fingerprint density at radius 1 is 0.328 bits per heavy atom. The van der Waals surface area contributed by atoms with Crippen LogP contribution in [0.25, 0.3) is 93.6 Å². The molecule has 0 radical (unpaired) electrons. The van der Waals surface area contributed by atoms with E-state index in [1.54, 1.807) is 0 Å². The van der Waals surface area contributed by atoms with E-state index in [0.29, 0.717) is 0 Å². The maximum Gasteiger partial charge on any atom is 0.136 e. The second kappa shape index (κ2) is 14.3. The SMILES string of the molecule is c1cc(-c2cccc3ccccc23)cc(N(c2ccc(-c3cccc(-n4c5ccccc5c5ccccc54)c3)cc2)c2cccc(-c3cccc4oc5ccccc5c34)c2)c1. The molecule has 3 nitrogen and oxygen atoms in total. The summed E-state index contributed by atoms with van der Waals surface area (Å²) >= 11 is 0. The monoisotopic (exact) mass is 778 g/mol. The first-order chi connectivity index (χ1) is 30.2. The summed E-state index contributed by atoms with van der Waals surface area (Å²) in [7, 11) is 0. The molecule has 12 rings (SSSR count). The summed E-state index contributed by atoms with van der Waals surface area (Å²) in [4.78, 5) is 2.38. The fraction of sp³-hybridized carbons (Fsp3) is 0. The average molecular weight is 779 g/mol. The Morgan fingerprint density at radius 3 is 1.62 bits per heavy atom. The summed E-state index contributed by atoms with van der Waals surface area (Å²) in [5.41, 5.74) is 15.5. The number of nitrogens with zero attached hydrogens (tertiary/aromatic N) is 2. The lowest BCUT2D eigenvalue weighted by Crippen LogP contribution is -2.10. The molecular formula is C58H38N2O. The lowest BCUT2D eigenvalue weighted by atomic mass is 9.97.